The van der Waals surface area contributed by atoms with Crippen molar-refractivity contribution in [3.05, 3.63) is 119 Å². The first-order valence-electron chi connectivity index (χ1n) is 11.9. The van der Waals surface area contributed by atoms with E-state index in [2.05, 4.69) is 111 Å². The molecule has 6 aromatic rings. The lowest BCUT2D eigenvalue weighted by molar-refractivity contribution is 0.705. The fourth-order valence-electron chi connectivity index (χ4n) is 6.47. The monoisotopic (exact) mass is 450 g/mol. The Morgan fingerprint density at radius 3 is 2.21 bits per heavy atom. The Bertz CT molecular complexity index is 1870. The fourth-order valence-corrected chi connectivity index (χ4v) is 7.56. The van der Waals surface area contributed by atoms with Gasteiger partial charge in [-0.2, -0.15) is 0 Å². The van der Waals surface area contributed by atoms with E-state index in [0.29, 0.717) is 0 Å². The van der Waals surface area contributed by atoms with Crippen molar-refractivity contribution < 1.29 is 0 Å². The van der Waals surface area contributed by atoms with Gasteiger partial charge in [0, 0.05) is 25.6 Å². The van der Waals surface area contributed by atoms with Crippen molar-refractivity contribution >= 4 is 53.4 Å². The van der Waals surface area contributed by atoms with Gasteiger partial charge in [0.05, 0.1) is 0 Å². The molecular weight excluding hydrogens is 428 g/mol. The normalized spacial score (nSPS) is 15.5. The lowest BCUT2D eigenvalue weighted by Crippen LogP contribution is -2.16. The van der Waals surface area contributed by atoms with E-state index in [9.17, 15) is 0 Å². The van der Waals surface area contributed by atoms with Gasteiger partial charge in [0.1, 0.15) is 0 Å². The van der Waals surface area contributed by atoms with Crippen molar-refractivity contribution in [3.8, 4) is 11.1 Å². The average Bonchev–Trinajstić information content (AvgIpc) is 3.48. The predicted octanol–water partition coefficient (Wildman–Crippen LogP) is 9.44. The third kappa shape index (κ3) is 2.23. The molecule has 0 bridgehead atoms. The summed E-state index contributed by atoms with van der Waals surface area (Å²) >= 11 is 1.88. The van der Waals surface area contributed by atoms with Crippen LogP contribution in [0.4, 0.5) is 0 Å². The minimum Gasteiger partial charge on any atom is -0.135 e. The Kier molecular flexibility index (Phi) is 3.44. The number of allylic oxidation sites excluding steroid dienone is 1. The van der Waals surface area contributed by atoms with Gasteiger partial charge in [-0.1, -0.05) is 86.6 Å². The molecule has 0 spiro atoms. The number of rotatable bonds is 1. The molecule has 5 aromatic carbocycles. The second-order valence-electron chi connectivity index (χ2n) is 10.2. The molecule has 0 atom stereocenters. The molecule has 1 heterocycles. The van der Waals surface area contributed by atoms with Crippen LogP contribution in [0.2, 0.25) is 0 Å². The molecule has 160 valence electrons. The van der Waals surface area contributed by atoms with Gasteiger partial charge in [-0.15, -0.1) is 11.3 Å². The molecule has 0 N–H and O–H groups in total. The summed E-state index contributed by atoms with van der Waals surface area (Å²) in [6.45, 7) is 4.78. The van der Waals surface area contributed by atoms with E-state index in [1.54, 1.807) is 0 Å². The molecule has 2 aliphatic carbocycles. The first kappa shape index (κ1) is 18.7. The van der Waals surface area contributed by atoms with E-state index in [1.807, 2.05) is 11.3 Å². The molecule has 0 amide bonds. The van der Waals surface area contributed by atoms with Crippen molar-refractivity contribution in [3.63, 3.8) is 0 Å². The molecule has 0 aliphatic heterocycles. The lowest BCUT2D eigenvalue weighted by atomic mass is 9.78. The standard InChI is InChI=1S/C33H22S/c1-33(2)27-15-13-20(21-14-16-29-25(17-21)22-9-3-4-12-28(22)34-29)18-26(27)31-23-10-5-7-19-8-6-11-24(30(19)23)32(31)33/h3-18H,1-2H3. The van der Waals surface area contributed by atoms with E-state index < -0.39 is 0 Å². The van der Waals surface area contributed by atoms with Gasteiger partial charge in [-0.25, -0.2) is 0 Å². The zero-order valence-electron chi connectivity index (χ0n) is 19.1. The Hall–Kier alpha value is -3.68. The molecule has 2 aliphatic rings. The Labute approximate surface area is 202 Å². The van der Waals surface area contributed by atoms with Gasteiger partial charge in [-0.05, 0) is 79.6 Å². The maximum Gasteiger partial charge on any atom is 0.0355 e. The second kappa shape index (κ2) is 6.25. The molecule has 1 aromatic heterocycles. The highest BCUT2D eigenvalue weighted by atomic mass is 32.1. The van der Waals surface area contributed by atoms with Crippen molar-refractivity contribution in [1.82, 2.24) is 0 Å². The van der Waals surface area contributed by atoms with Gasteiger partial charge in [-0.3, -0.25) is 0 Å². The van der Waals surface area contributed by atoms with E-state index in [-0.39, 0.29) is 5.41 Å². The average molecular weight is 451 g/mol. The lowest BCUT2D eigenvalue weighted by Gasteiger charge is -2.25. The topological polar surface area (TPSA) is 0 Å². The number of thiophene rings is 1. The van der Waals surface area contributed by atoms with Gasteiger partial charge in [0.2, 0.25) is 0 Å². The summed E-state index contributed by atoms with van der Waals surface area (Å²) in [5.74, 6) is 0. The van der Waals surface area contributed by atoms with Crippen molar-refractivity contribution in [2.75, 3.05) is 0 Å². The van der Waals surface area contributed by atoms with E-state index in [1.165, 1.54) is 75.5 Å². The van der Waals surface area contributed by atoms with Gasteiger partial charge < -0.3 is 0 Å². The Morgan fingerprint density at radius 2 is 1.32 bits per heavy atom. The van der Waals surface area contributed by atoms with Crippen LogP contribution in [0.15, 0.2) is 97.1 Å². The Morgan fingerprint density at radius 1 is 0.588 bits per heavy atom. The summed E-state index contributed by atoms with van der Waals surface area (Å²) in [5, 5.41) is 5.48. The molecule has 0 radical (unpaired) electrons. The zero-order valence-corrected chi connectivity index (χ0v) is 20.0. The van der Waals surface area contributed by atoms with Crippen LogP contribution in [-0.2, 0) is 5.41 Å². The fraction of sp³-hybridized carbons (Fsp3) is 0.0909. The molecular formula is C33H22S. The first-order valence-corrected chi connectivity index (χ1v) is 12.8. The predicted molar refractivity (Wildman–Crippen MR) is 148 cm³/mol. The van der Waals surface area contributed by atoms with Crippen LogP contribution in [0.1, 0.15) is 36.1 Å². The summed E-state index contributed by atoms with van der Waals surface area (Å²) in [4.78, 5) is 0. The van der Waals surface area contributed by atoms with Crippen LogP contribution in [0.3, 0.4) is 0 Å². The quantitative estimate of drug-likeness (QED) is 0.234. The summed E-state index contributed by atoms with van der Waals surface area (Å²) in [5.41, 5.74) is 11.2. The van der Waals surface area contributed by atoms with Crippen molar-refractivity contribution in [1.29, 1.82) is 0 Å². The van der Waals surface area contributed by atoms with Gasteiger partial charge in [0.15, 0.2) is 0 Å². The molecule has 0 fully saturated rings. The van der Waals surface area contributed by atoms with Gasteiger partial charge in [0.25, 0.3) is 0 Å². The number of benzene rings is 5. The Balaban J connectivity index is 1.37. The maximum absolute atomic E-state index is 2.44. The molecule has 1 heteroatoms. The summed E-state index contributed by atoms with van der Waals surface area (Å²) in [6.07, 6.45) is 0. The van der Waals surface area contributed by atoms with Gasteiger partial charge >= 0.3 is 0 Å². The highest BCUT2D eigenvalue weighted by Gasteiger charge is 2.43. The molecule has 0 unspecified atom stereocenters. The number of hydrogen-bond donors (Lipinski definition) is 0. The summed E-state index contributed by atoms with van der Waals surface area (Å²) < 4.78 is 2.71. The second-order valence-corrected chi connectivity index (χ2v) is 11.2. The van der Waals surface area contributed by atoms with Crippen molar-refractivity contribution in [2.45, 2.75) is 19.3 Å². The molecule has 34 heavy (non-hydrogen) atoms. The largest absolute Gasteiger partial charge is 0.135 e. The number of fused-ring (bicyclic) bond motifs is 7. The summed E-state index contributed by atoms with van der Waals surface area (Å²) in [6, 6.07) is 36.4. The molecule has 0 nitrogen and oxygen atoms in total. The minimum atomic E-state index is -0.00991. The van der Waals surface area contributed by atoms with E-state index in [0.717, 1.165) is 0 Å². The maximum atomic E-state index is 2.44. The SMILES string of the molecule is CC1(C)C2=C(c3cc(-c4ccc5sc6ccccc6c5c4)ccc31)c1cccc3cccc2c13. The zero-order chi connectivity index (χ0) is 22.6. The third-order valence-electron chi connectivity index (χ3n) is 7.99. The molecule has 0 saturated carbocycles. The van der Waals surface area contributed by atoms with E-state index in [4.69, 9.17) is 0 Å². The van der Waals surface area contributed by atoms with Crippen LogP contribution in [-0.4, -0.2) is 0 Å². The van der Waals surface area contributed by atoms with E-state index >= 15 is 0 Å². The third-order valence-corrected chi connectivity index (χ3v) is 9.14. The van der Waals surface area contributed by atoms with Crippen molar-refractivity contribution in [2.24, 2.45) is 0 Å². The van der Waals surface area contributed by atoms with Crippen LogP contribution >= 0.6 is 11.3 Å². The molecule has 8 rings (SSSR count). The summed E-state index contributed by atoms with van der Waals surface area (Å²) in [7, 11) is 0. The van der Waals surface area contributed by atoms with Crippen LogP contribution in [0.25, 0.3) is 53.2 Å². The highest BCUT2D eigenvalue weighted by molar-refractivity contribution is 7.25. The first-order chi connectivity index (χ1) is 16.6. The van der Waals surface area contributed by atoms with Crippen LogP contribution in [0, 0.1) is 0 Å². The van der Waals surface area contributed by atoms with Crippen LogP contribution in [0.5, 0.6) is 0 Å². The smallest absolute Gasteiger partial charge is 0.0355 e. The highest BCUT2D eigenvalue weighted by Crippen LogP contribution is 2.59. The van der Waals surface area contributed by atoms with Crippen LogP contribution < -0.4 is 0 Å². The number of hydrogen-bond acceptors (Lipinski definition) is 1. The minimum absolute atomic E-state index is 0.00991. The molecule has 0 saturated heterocycles.